The van der Waals surface area contributed by atoms with Crippen LogP contribution in [0.4, 0.5) is 33.7 Å². The Bertz CT molecular complexity index is 1070. The molecule has 2 bridgehead atoms. The van der Waals surface area contributed by atoms with Gasteiger partial charge in [0.1, 0.15) is 11.6 Å². The first-order valence-corrected chi connectivity index (χ1v) is 11.7. The van der Waals surface area contributed by atoms with Crippen LogP contribution in [0.5, 0.6) is 0 Å². The van der Waals surface area contributed by atoms with Crippen molar-refractivity contribution in [3.05, 3.63) is 35.2 Å². The van der Waals surface area contributed by atoms with Gasteiger partial charge in [0.2, 0.25) is 5.89 Å². The van der Waals surface area contributed by atoms with Crippen molar-refractivity contribution in [2.45, 2.75) is 68.6 Å². The fraction of sp³-hybridized carbons (Fsp3) is 0.652. The molecule has 34 heavy (non-hydrogen) atoms. The SMILES string of the molecule is C[C@@H]1[C@@H](Nc2nnc(C34CC(C(F)(F)F)(C3)C4)o2)CN1c1cc(F)c([C@H]2CCCNC2)c(F)c1. The van der Waals surface area contributed by atoms with Gasteiger partial charge in [-0.2, -0.15) is 13.2 Å². The van der Waals surface area contributed by atoms with Crippen LogP contribution in [0.15, 0.2) is 16.5 Å². The molecule has 2 aliphatic heterocycles. The van der Waals surface area contributed by atoms with E-state index in [9.17, 15) is 22.0 Å². The van der Waals surface area contributed by atoms with Crippen LogP contribution >= 0.6 is 0 Å². The third-order valence-corrected chi connectivity index (χ3v) is 8.39. The van der Waals surface area contributed by atoms with E-state index < -0.39 is 28.6 Å². The van der Waals surface area contributed by atoms with Gasteiger partial charge < -0.3 is 20.0 Å². The second-order valence-corrected chi connectivity index (χ2v) is 10.5. The average Bonchev–Trinajstić information content (AvgIpc) is 3.16. The van der Waals surface area contributed by atoms with Crippen LogP contribution in [0.2, 0.25) is 0 Å². The van der Waals surface area contributed by atoms with Crippen molar-refractivity contribution < 1.29 is 26.4 Å². The van der Waals surface area contributed by atoms with Crippen molar-refractivity contribution in [3.8, 4) is 0 Å². The quantitative estimate of drug-likeness (QED) is 0.611. The van der Waals surface area contributed by atoms with Crippen molar-refractivity contribution in [2.75, 3.05) is 29.9 Å². The van der Waals surface area contributed by atoms with Crippen LogP contribution in [-0.4, -0.2) is 48.1 Å². The van der Waals surface area contributed by atoms with E-state index in [-0.39, 0.29) is 54.7 Å². The van der Waals surface area contributed by atoms with E-state index in [4.69, 9.17) is 4.42 Å². The molecule has 1 aromatic heterocycles. The van der Waals surface area contributed by atoms with E-state index in [0.717, 1.165) is 19.4 Å². The third-order valence-electron chi connectivity index (χ3n) is 8.39. The number of benzene rings is 1. The topological polar surface area (TPSA) is 66.2 Å². The highest BCUT2D eigenvalue weighted by Crippen LogP contribution is 2.78. The predicted octanol–water partition coefficient (Wildman–Crippen LogP) is 4.49. The molecule has 0 spiro atoms. The summed E-state index contributed by atoms with van der Waals surface area (Å²) in [5.74, 6) is -0.959. The lowest BCUT2D eigenvalue weighted by Crippen LogP contribution is -2.70. The zero-order chi connectivity index (χ0) is 23.9. The Morgan fingerprint density at radius 1 is 1.15 bits per heavy atom. The van der Waals surface area contributed by atoms with Gasteiger partial charge in [0.25, 0.3) is 0 Å². The summed E-state index contributed by atoms with van der Waals surface area (Å²) in [7, 11) is 0. The molecule has 0 radical (unpaired) electrons. The van der Waals surface area contributed by atoms with Gasteiger partial charge in [0.05, 0.1) is 16.9 Å². The summed E-state index contributed by atoms with van der Waals surface area (Å²) in [4.78, 5) is 1.89. The van der Waals surface area contributed by atoms with Crippen molar-refractivity contribution >= 4 is 11.7 Å². The van der Waals surface area contributed by atoms with Gasteiger partial charge in [0, 0.05) is 36.3 Å². The second kappa shape index (κ2) is 7.29. The minimum absolute atomic E-state index is 0.00276. The summed E-state index contributed by atoms with van der Waals surface area (Å²) in [5, 5.41) is 14.3. The average molecular weight is 483 g/mol. The molecule has 3 aliphatic carbocycles. The Morgan fingerprint density at radius 3 is 2.44 bits per heavy atom. The van der Waals surface area contributed by atoms with Crippen LogP contribution in [0.25, 0.3) is 0 Å². The summed E-state index contributed by atoms with van der Waals surface area (Å²) < 4.78 is 74.6. The number of aromatic nitrogens is 2. The van der Waals surface area contributed by atoms with Gasteiger partial charge in [-0.1, -0.05) is 5.10 Å². The van der Waals surface area contributed by atoms with Gasteiger partial charge in [-0.15, -0.1) is 5.10 Å². The fourth-order valence-electron chi connectivity index (χ4n) is 6.31. The molecular weight excluding hydrogens is 457 g/mol. The molecular formula is C23H26F5N5O. The summed E-state index contributed by atoms with van der Waals surface area (Å²) in [6.07, 6.45) is -2.53. The van der Waals surface area contributed by atoms with E-state index in [2.05, 4.69) is 20.8 Å². The first-order valence-electron chi connectivity index (χ1n) is 11.7. The highest BCUT2D eigenvalue weighted by atomic mass is 19.4. The van der Waals surface area contributed by atoms with Crippen LogP contribution in [0.1, 0.15) is 56.4 Å². The zero-order valence-corrected chi connectivity index (χ0v) is 18.7. The summed E-state index contributed by atoms with van der Waals surface area (Å²) >= 11 is 0. The lowest BCUT2D eigenvalue weighted by Gasteiger charge is -2.68. The van der Waals surface area contributed by atoms with Crippen LogP contribution in [0, 0.1) is 17.0 Å². The van der Waals surface area contributed by atoms with E-state index in [1.165, 1.54) is 12.1 Å². The predicted molar refractivity (Wildman–Crippen MR) is 114 cm³/mol. The second-order valence-electron chi connectivity index (χ2n) is 10.5. The normalized spacial score (nSPS) is 34.8. The van der Waals surface area contributed by atoms with Gasteiger partial charge in [0.15, 0.2) is 0 Å². The van der Waals surface area contributed by atoms with Crippen LogP contribution in [-0.2, 0) is 5.41 Å². The molecule has 184 valence electrons. The summed E-state index contributed by atoms with van der Waals surface area (Å²) in [6, 6.07) is 2.75. The van der Waals surface area contributed by atoms with Crippen LogP contribution < -0.4 is 15.5 Å². The standard InChI is InChI=1S/C23H26F5N5O/c1-12-17(30-20-32-31-19(34-20)21-9-22(10-21,11-21)23(26,27)28)8-33(12)14-5-15(24)18(16(25)6-14)13-3-2-4-29-7-13/h5-6,12-13,17,29H,2-4,7-11H2,1H3,(H,30,32)/t12-,13+,17+,21?,22?/m1/s1. The smallest absolute Gasteiger partial charge is 0.394 e. The third kappa shape index (κ3) is 3.15. The zero-order valence-electron chi connectivity index (χ0n) is 18.7. The molecule has 1 aromatic carbocycles. The molecule has 7 rings (SSSR count). The van der Waals surface area contributed by atoms with E-state index >= 15 is 0 Å². The van der Waals surface area contributed by atoms with Gasteiger partial charge in [-0.25, -0.2) is 8.78 Å². The monoisotopic (exact) mass is 483 g/mol. The summed E-state index contributed by atoms with van der Waals surface area (Å²) in [5.41, 5.74) is -1.60. The van der Waals surface area contributed by atoms with Crippen molar-refractivity contribution in [1.82, 2.24) is 15.5 Å². The lowest BCUT2D eigenvalue weighted by molar-refractivity contribution is -0.340. The summed E-state index contributed by atoms with van der Waals surface area (Å²) in [6.45, 7) is 3.84. The maximum atomic E-state index is 14.8. The molecule has 6 nitrogen and oxygen atoms in total. The van der Waals surface area contributed by atoms with E-state index in [1.807, 2.05) is 11.8 Å². The van der Waals surface area contributed by atoms with E-state index in [1.54, 1.807) is 0 Å². The number of nitrogens with one attached hydrogen (secondary N) is 2. The van der Waals surface area contributed by atoms with Crippen molar-refractivity contribution in [3.63, 3.8) is 0 Å². The first kappa shape index (κ1) is 22.1. The number of rotatable bonds is 5. The fourth-order valence-corrected chi connectivity index (χ4v) is 6.31. The Kier molecular flexibility index (Phi) is 4.73. The van der Waals surface area contributed by atoms with E-state index in [0.29, 0.717) is 18.8 Å². The molecule has 3 heterocycles. The van der Waals surface area contributed by atoms with Gasteiger partial charge in [-0.05, 0) is 57.7 Å². The van der Waals surface area contributed by atoms with Crippen molar-refractivity contribution in [1.29, 1.82) is 0 Å². The number of halogens is 5. The number of hydrogen-bond acceptors (Lipinski definition) is 6. The van der Waals surface area contributed by atoms with Gasteiger partial charge in [-0.3, -0.25) is 0 Å². The molecule has 2 saturated heterocycles. The Hall–Kier alpha value is -2.43. The number of hydrogen-bond donors (Lipinski definition) is 2. The molecule has 3 saturated carbocycles. The molecule has 0 amide bonds. The minimum Gasteiger partial charge on any atom is -0.408 e. The number of nitrogens with zero attached hydrogens (tertiary/aromatic N) is 3. The van der Waals surface area contributed by atoms with Gasteiger partial charge >= 0.3 is 12.2 Å². The first-order chi connectivity index (χ1) is 16.1. The molecule has 5 aliphatic rings. The Labute approximate surface area is 193 Å². The largest absolute Gasteiger partial charge is 0.408 e. The molecule has 0 unspecified atom stereocenters. The number of piperidine rings is 1. The van der Waals surface area contributed by atoms with Crippen LogP contribution in [0.3, 0.4) is 0 Å². The lowest BCUT2D eigenvalue weighted by atomic mass is 9.34. The Morgan fingerprint density at radius 2 is 1.85 bits per heavy atom. The molecule has 3 atom stereocenters. The number of alkyl halides is 3. The molecule has 2 N–H and O–H groups in total. The molecule has 5 fully saturated rings. The highest BCUT2D eigenvalue weighted by molar-refractivity contribution is 5.55. The minimum atomic E-state index is -4.19. The Balaban J connectivity index is 1.09. The highest BCUT2D eigenvalue weighted by Gasteiger charge is 2.80. The maximum Gasteiger partial charge on any atom is 0.394 e. The maximum absolute atomic E-state index is 14.8. The molecule has 2 aromatic rings. The van der Waals surface area contributed by atoms with Crippen molar-refractivity contribution in [2.24, 2.45) is 5.41 Å². The number of anilines is 2. The molecule has 11 heteroatoms.